The number of phenols is 1. The lowest BCUT2D eigenvalue weighted by atomic mass is 9.98. The van der Waals surface area contributed by atoms with Crippen LogP contribution in [0, 0.1) is 17.6 Å². The molecule has 3 rings (SSSR count). The lowest BCUT2D eigenvalue weighted by Gasteiger charge is -2.32. The standard InChI is InChI=1S/C21H22F2N2O4/c22-17-6-3-14(4-7-17)13-29-21(28)25-9-1-2-15(12-25)11-24-20(27)16-5-8-19(26)18(23)10-16/h3-8,10,15,26H,1-2,9,11-13H2,(H,24,27)/t15-/m1/s1. The number of likely N-dealkylation sites (tertiary alicyclic amines) is 1. The third-order valence-corrected chi connectivity index (χ3v) is 4.81. The number of piperidine rings is 1. The minimum Gasteiger partial charge on any atom is -0.505 e. The predicted octanol–water partition coefficient (Wildman–Crippen LogP) is 3.45. The van der Waals surface area contributed by atoms with Gasteiger partial charge in [0.15, 0.2) is 11.6 Å². The predicted molar refractivity (Wildman–Crippen MR) is 101 cm³/mol. The lowest BCUT2D eigenvalue weighted by molar-refractivity contribution is 0.0776. The number of rotatable bonds is 5. The fourth-order valence-electron chi connectivity index (χ4n) is 3.20. The Bertz CT molecular complexity index is 873. The van der Waals surface area contributed by atoms with Crippen molar-refractivity contribution in [2.24, 2.45) is 5.92 Å². The summed E-state index contributed by atoms with van der Waals surface area (Å²) in [6, 6.07) is 9.18. The number of hydrogen-bond donors (Lipinski definition) is 2. The fourth-order valence-corrected chi connectivity index (χ4v) is 3.20. The quantitative estimate of drug-likeness (QED) is 0.800. The summed E-state index contributed by atoms with van der Waals surface area (Å²) < 4.78 is 31.6. The largest absolute Gasteiger partial charge is 0.505 e. The van der Waals surface area contributed by atoms with Crippen molar-refractivity contribution < 1.29 is 28.2 Å². The first-order valence-electron chi connectivity index (χ1n) is 9.35. The van der Waals surface area contributed by atoms with Gasteiger partial charge in [-0.3, -0.25) is 4.79 Å². The Kier molecular flexibility index (Phi) is 6.64. The number of benzene rings is 2. The summed E-state index contributed by atoms with van der Waals surface area (Å²) in [7, 11) is 0. The van der Waals surface area contributed by atoms with Gasteiger partial charge in [0.1, 0.15) is 12.4 Å². The van der Waals surface area contributed by atoms with Gasteiger partial charge in [-0.15, -0.1) is 0 Å². The molecule has 2 aromatic carbocycles. The molecule has 2 aromatic rings. The van der Waals surface area contributed by atoms with Crippen LogP contribution in [0.4, 0.5) is 13.6 Å². The third kappa shape index (κ3) is 5.66. The van der Waals surface area contributed by atoms with E-state index in [0.29, 0.717) is 25.2 Å². The van der Waals surface area contributed by atoms with Crippen LogP contribution < -0.4 is 5.32 Å². The molecule has 6 nitrogen and oxygen atoms in total. The average molecular weight is 404 g/mol. The Hall–Kier alpha value is -3.16. The molecule has 1 aliphatic rings. The van der Waals surface area contributed by atoms with Crippen molar-refractivity contribution in [1.82, 2.24) is 10.2 Å². The highest BCUT2D eigenvalue weighted by Crippen LogP contribution is 2.19. The van der Waals surface area contributed by atoms with Gasteiger partial charge in [0.2, 0.25) is 0 Å². The van der Waals surface area contributed by atoms with E-state index < -0.39 is 23.6 Å². The first-order chi connectivity index (χ1) is 13.9. The molecule has 1 aliphatic heterocycles. The topological polar surface area (TPSA) is 78.9 Å². The first-order valence-corrected chi connectivity index (χ1v) is 9.35. The highest BCUT2D eigenvalue weighted by Gasteiger charge is 2.25. The Morgan fingerprint density at radius 3 is 2.66 bits per heavy atom. The zero-order valence-electron chi connectivity index (χ0n) is 15.7. The minimum atomic E-state index is -0.856. The van der Waals surface area contributed by atoms with E-state index in [1.807, 2.05) is 0 Å². The summed E-state index contributed by atoms with van der Waals surface area (Å²) in [5.74, 6) is -2.11. The van der Waals surface area contributed by atoms with Crippen molar-refractivity contribution in [2.45, 2.75) is 19.4 Å². The van der Waals surface area contributed by atoms with Crippen LogP contribution >= 0.6 is 0 Å². The zero-order chi connectivity index (χ0) is 20.8. The van der Waals surface area contributed by atoms with E-state index in [4.69, 9.17) is 4.74 Å². The van der Waals surface area contributed by atoms with Crippen LogP contribution in [0.5, 0.6) is 5.75 Å². The van der Waals surface area contributed by atoms with E-state index in [-0.39, 0.29) is 23.9 Å². The molecule has 2 amide bonds. The monoisotopic (exact) mass is 404 g/mol. The summed E-state index contributed by atoms with van der Waals surface area (Å²) in [5, 5.41) is 11.9. The van der Waals surface area contributed by atoms with Crippen LogP contribution in [0.3, 0.4) is 0 Å². The number of amides is 2. The van der Waals surface area contributed by atoms with Crippen molar-refractivity contribution in [3.05, 3.63) is 65.2 Å². The van der Waals surface area contributed by atoms with Gasteiger partial charge in [-0.2, -0.15) is 0 Å². The number of nitrogens with zero attached hydrogens (tertiary/aromatic N) is 1. The van der Waals surface area contributed by atoms with Crippen LogP contribution in [0.2, 0.25) is 0 Å². The second kappa shape index (κ2) is 9.36. The molecule has 0 spiro atoms. The van der Waals surface area contributed by atoms with Gasteiger partial charge in [0.25, 0.3) is 5.91 Å². The maximum absolute atomic E-state index is 13.4. The van der Waals surface area contributed by atoms with Gasteiger partial charge in [0.05, 0.1) is 0 Å². The van der Waals surface area contributed by atoms with Gasteiger partial charge in [-0.05, 0) is 54.7 Å². The molecular formula is C21H22F2N2O4. The van der Waals surface area contributed by atoms with Crippen molar-refractivity contribution in [1.29, 1.82) is 0 Å². The van der Waals surface area contributed by atoms with Gasteiger partial charge < -0.3 is 20.1 Å². The molecule has 1 fully saturated rings. The highest BCUT2D eigenvalue weighted by molar-refractivity contribution is 5.94. The maximum Gasteiger partial charge on any atom is 0.410 e. The van der Waals surface area contributed by atoms with Crippen molar-refractivity contribution in [3.63, 3.8) is 0 Å². The maximum atomic E-state index is 13.4. The van der Waals surface area contributed by atoms with E-state index in [0.717, 1.165) is 25.0 Å². The first kappa shape index (κ1) is 20.6. The number of nitrogens with one attached hydrogen (secondary N) is 1. The van der Waals surface area contributed by atoms with Crippen molar-refractivity contribution >= 4 is 12.0 Å². The van der Waals surface area contributed by atoms with Crippen LogP contribution in [0.1, 0.15) is 28.8 Å². The molecule has 2 N–H and O–H groups in total. The van der Waals surface area contributed by atoms with Crippen LogP contribution in [-0.4, -0.2) is 41.6 Å². The molecule has 0 aliphatic carbocycles. The molecular weight excluding hydrogens is 382 g/mol. The number of halogens is 2. The van der Waals surface area contributed by atoms with Crippen LogP contribution in [0.15, 0.2) is 42.5 Å². The highest BCUT2D eigenvalue weighted by atomic mass is 19.1. The fraction of sp³-hybridized carbons (Fsp3) is 0.333. The minimum absolute atomic E-state index is 0.0491. The SMILES string of the molecule is O=C(NC[C@H]1CCCN(C(=O)OCc2ccc(F)cc2)C1)c1ccc(O)c(F)c1. The molecule has 8 heteroatoms. The smallest absolute Gasteiger partial charge is 0.410 e. The molecule has 0 saturated carbocycles. The molecule has 0 radical (unpaired) electrons. The molecule has 0 aromatic heterocycles. The molecule has 1 saturated heterocycles. The Morgan fingerprint density at radius 2 is 1.93 bits per heavy atom. The van der Waals surface area contributed by atoms with Gasteiger partial charge in [-0.25, -0.2) is 13.6 Å². The summed E-state index contributed by atoms with van der Waals surface area (Å²) in [6.45, 7) is 1.40. The zero-order valence-corrected chi connectivity index (χ0v) is 15.7. The molecule has 154 valence electrons. The summed E-state index contributed by atoms with van der Waals surface area (Å²) in [4.78, 5) is 26.0. The van der Waals surface area contributed by atoms with E-state index in [1.165, 1.54) is 18.2 Å². The molecule has 0 bridgehead atoms. The Labute approximate surface area is 167 Å². The summed E-state index contributed by atoms with van der Waals surface area (Å²) in [5.41, 5.74) is 0.813. The van der Waals surface area contributed by atoms with Gasteiger partial charge >= 0.3 is 6.09 Å². The van der Waals surface area contributed by atoms with Gasteiger partial charge in [0, 0.05) is 25.2 Å². The average Bonchev–Trinajstić information content (AvgIpc) is 2.73. The Morgan fingerprint density at radius 1 is 1.17 bits per heavy atom. The lowest BCUT2D eigenvalue weighted by Crippen LogP contribution is -2.43. The number of carbonyl (C=O) groups is 2. The number of ether oxygens (including phenoxy) is 1. The van der Waals surface area contributed by atoms with Crippen LogP contribution in [-0.2, 0) is 11.3 Å². The molecule has 29 heavy (non-hydrogen) atoms. The van der Waals surface area contributed by atoms with E-state index in [1.54, 1.807) is 17.0 Å². The second-order valence-electron chi connectivity index (χ2n) is 7.01. The number of carbonyl (C=O) groups excluding carboxylic acids is 2. The molecule has 0 unspecified atom stereocenters. The van der Waals surface area contributed by atoms with Crippen molar-refractivity contribution in [2.75, 3.05) is 19.6 Å². The van der Waals surface area contributed by atoms with Gasteiger partial charge in [-0.1, -0.05) is 12.1 Å². The number of phenolic OH excluding ortho intramolecular Hbond substituents is 1. The molecule has 1 heterocycles. The normalized spacial score (nSPS) is 16.3. The van der Waals surface area contributed by atoms with E-state index in [9.17, 15) is 23.5 Å². The Balaban J connectivity index is 1.46. The second-order valence-corrected chi connectivity index (χ2v) is 7.01. The van der Waals surface area contributed by atoms with Crippen LogP contribution in [0.25, 0.3) is 0 Å². The van der Waals surface area contributed by atoms with E-state index >= 15 is 0 Å². The molecule has 1 atom stereocenters. The summed E-state index contributed by atoms with van der Waals surface area (Å²) >= 11 is 0. The van der Waals surface area contributed by atoms with E-state index in [2.05, 4.69) is 5.32 Å². The summed E-state index contributed by atoms with van der Waals surface area (Å²) in [6.07, 6.45) is 1.16. The van der Waals surface area contributed by atoms with Crippen molar-refractivity contribution in [3.8, 4) is 5.75 Å². The third-order valence-electron chi connectivity index (χ3n) is 4.81. The number of hydrogen-bond acceptors (Lipinski definition) is 4. The number of aromatic hydroxyl groups is 1.